The van der Waals surface area contributed by atoms with Crippen molar-refractivity contribution < 1.29 is 52.4 Å². The SMILES string of the molecule is CCC(=O)Nc1ccc(CN2C(=O)N(c3cc(OC)cc(OC)c3)Cc3cnc(Nc4ccc(N5CCN(CC(=O)OC(C)(C)C)CC5)cc4)nc32)cc1.COc1cc(OC)cc(N2Cc3cnc(Nc4ccc(N5CCN(CC(=O)OC(C)(C)C)CC5)cc4)nc3N(Cc3ccc(N)cc3)C2=O)c1. The molecule has 4 aliphatic rings. The molecule has 0 radical (unpaired) electrons. The molecule has 6 aromatic carbocycles. The van der Waals surface area contributed by atoms with Crippen molar-refractivity contribution in [3.8, 4) is 23.0 Å². The number of nitrogens with zero attached hydrogens (tertiary/aromatic N) is 12. The third-order valence-corrected chi connectivity index (χ3v) is 17.6. The van der Waals surface area contributed by atoms with E-state index in [0.29, 0.717) is 82.2 Å². The quantitative estimate of drug-likeness (QED) is 0.0362. The van der Waals surface area contributed by atoms with E-state index >= 15 is 0 Å². The van der Waals surface area contributed by atoms with Gasteiger partial charge in [0.25, 0.3) is 0 Å². The van der Waals surface area contributed by atoms with Gasteiger partial charge in [-0.25, -0.2) is 19.6 Å². The maximum absolute atomic E-state index is 14.3. The molecule has 0 atom stereocenters. The Kier molecular flexibility index (Phi) is 23.2. The normalized spacial score (nSPS) is 14.9. The van der Waals surface area contributed by atoms with E-state index in [1.54, 1.807) is 104 Å². The number of urea groups is 2. The Morgan fingerprint density at radius 2 is 0.827 bits per heavy atom. The maximum atomic E-state index is 14.3. The minimum absolute atomic E-state index is 0.0754. The number of aromatic nitrogens is 4. The van der Waals surface area contributed by atoms with Crippen molar-refractivity contribution in [1.29, 1.82) is 0 Å². The second-order valence-electron chi connectivity index (χ2n) is 27.5. The van der Waals surface area contributed by atoms with Gasteiger partial charge in [0.1, 0.15) is 45.8 Å². The number of methoxy groups -OCH3 is 4. The number of nitrogens with two attached hydrogens (primary N) is 1. The molecule has 2 fully saturated rings. The lowest BCUT2D eigenvalue weighted by Crippen LogP contribution is -2.48. The molecule has 2 saturated heterocycles. The van der Waals surface area contributed by atoms with E-state index in [2.05, 4.69) is 57.7 Å². The van der Waals surface area contributed by atoms with Crippen LogP contribution in [0.2, 0.25) is 0 Å². The monoisotopic (exact) mass is 1420 g/mol. The molecular formula is C77H92N16O11. The van der Waals surface area contributed by atoms with E-state index in [1.165, 1.54) is 0 Å². The average molecular weight is 1420 g/mol. The van der Waals surface area contributed by atoms with Crippen LogP contribution in [0.15, 0.2) is 146 Å². The number of piperazine rings is 2. The molecule has 4 aliphatic heterocycles. The second kappa shape index (κ2) is 32.7. The number of carbonyl (C=O) groups is 5. The van der Waals surface area contributed by atoms with Crippen LogP contribution < -0.4 is 70.0 Å². The van der Waals surface area contributed by atoms with Gasteiger partial charge in [-0.1, -0.05) is 31.2 Å². The molecule has 546 valence electrons. The highest BCUT2D eigenvalue weighted by molar-refractivity contribution is 6.07. The summed E-state index contributed by atoms with van der Waals surface area (Å²) in [5, 5.41) is 9.48. The van der Waals surface area contributed by atoms with E-state index in [4.69, 9.17) is 44.1 Å². The summed E-state index contributed by atoms with van der Waals surface area (Å²) in [7, 11) is 6.29. The highest BCUT2D eigenvalue weighted by Crippen LogP contribution is 2.39. The first-order valence-electron chi connectivity index (χ1n) is 34.6. The zero-order chi connectivity index (χ0) is 73.8. The van der Waals surface area contributed by atoms with Crippen LogP contribution in [-0.2, 0) is 50.0 Å². The van der Waals surface area contributed by atoms with Gasteiger partial charge in [-0.2, -0.15) is 9.97 Å². The van der Waals surface area contributed by atoms with Gasteiger partial charge in [-0.15, -0.1) is 0 Å². The lowest BCUT2D eigenvalue weighted by molar-refractivity contribution is -0.157. The highest BCUT2D eigenvalue weighted by atomic mass is 16.6. The Hall–Kier alpha value is -11.5. The zero-order valence-corrected chi connectivity index (χ0v) is 60.9. The molecule has 27 heteroatoms. The molecule has 5 N–H and O–H groups in total. The lowest BCUT2D eigenvalue weighted by Gasteiger charge is -2.36. The van der Waals surface area contributed by atoms with Gasteiger partial charge in [0.2, 0.25) is 17.8 Å². The molecule has 0 aliphatic carbocycles. The third-order valence-electron chi connectivity index (χ3n) is 17.6. The fraction of sp³-hybridized carbons (Fsp3) is 0.364. The van der Waals surface area contributed by atoms with Gasteiger partial charge in [0.15, 0.2) is 0 Å². The van der Waals surface area contributed by atoms with E-state index in [1.807, 2.05) is 126 Å². The van der Waals surface area contributed by atoms with Crippen LogP contribution in [0.5, 0.6) is 23.0 Å². The number of esters is 2. The predicted molar refractivity (Wildman–Crippen MR) is 403 cm³/mol. The van der Waals surface area contributed by atoms with Crippen molar-refractivity contribution in [2.24, 2.45) is 0 Å². The Morgan fingerprint density at radius 3 is 1.17 bits per heavy atom. The Bertz CT molecular complexity index is 4280. The van der Waals surface area contributed by atoms with Gasteiger partial charge in [0.05, 0.1) is 79.1 Å². The minimum Gasteiger partial charge on any atom is -0.497 e. The van der Waals surface area contributed by atoms with Gasteiger partial charge >= 0.3 is 24.0 Å². The Labute approximate surface area is 606 Å². The Morgan fingerprint density at radius 1 is 0.471 bits per heavy atom. The highest BCUT2D eigenvalue weighted by Gasteiger charge is 2.36. The molecule has 104 heavy (non-hydrogen) atoms. The van der Waals surface area contributed by atoms with Crippen molar-refractivity contribution in [2.75, 3.05) is 145 Å². The number of nitrogens with one attached hydrogen (secondary N) is 3. The predicted octanol–water partition coefficient (Wildman–Crippen LogP) is 11.6. The smallest absolute Gasteiger partial charge is 0.330 e. The van der Waals surface area contributed by atoms with Gasteiger partial charge < -0.3 is 59.9 Å². The summed E-state index contributed by atoms with van der Waals surface area (Å²) in [6.07, 6.45) is 3.87. The summed E-state index contributed by atoms with van der Waals surface area (Å²) >= 11 is 0. The van der Waals surface area contributed by atoms with Crippen molar-refractivity contribution in [1.82, 2.24) is 29.7 Å². The number of ether oxygens (including phenoxy) is 6. The standard InChI is InChI=1S/C40H48N8O6.C37H44N8O5/c1-7-35(49)42-29-10-8-27(9-11-29)24-48-37-28(25-47(39(48)51)32-20-33(52-5)22-34(21-32)53-6)23-41-38(44-37)43-30-12-14-31(15-13-30)46-18-16-45(17-19-46)26-36(50)54-40(2,3)4;1-37(2,3)50-33(46)24-42-14-16-43(17-15-42)29-12-10-28(11-13-29)40-35-39-21-26-23-44(30-18-31(48-4)20-32(19-30)49-5)36(47)45(34(26)41-35)22-25-6-8-27(38)9-7-25/h8-15,20-23H,7,16-19,24-26H2,1-6H3,(H,42,49)(H,41,43,44);6-13,18-21H,14-17,22-24,38H2,1-5H3,(H,39,40,41). The van der Waals surface area contributed by atoms with E-state index < -0.39 is 11.2 Å². The number of fused-ring (bicyclic) bond motifs is 2. The first-order valence-corrected chi connectivity index (χ1v) is 34.6. The molecule has 0 spiro atoms. The number of nitrogen functional groups attached to an aromatic ring is 1. The number of hydrogen-bond acceptors (Lipinski definition) is 22. The number of benzene rings is 6. The molecule has 12 rings (SSSR count). The third kappa shape index (κ3) is 19.2. The van der Waals surface area contributed by atoms with Crippen LogP contribution in [0.25, 0.3) is 0 Å². The molecule has 0 saturated carbocycles. The van der Waals surface area contributed by atoms with Crippen LogP contribution in [0.1, 0.15) is 77.1 Å². The largest absolute Gasteiger partial charge is 0.497 e. The number of carbonyl (C=O) groups excluding carboxylic acids is 5. The van der Waals surface area contributed by atoms with Gasteiger partial charge in [-0.05, 0) is 125 Å². The fourth-order valence-electron chi connectivity index (χ4n) is 12.3. The maximum Gasteiger partial charge on any atom is 0.330 e. The van der Waals surface area contributed by atoms with Crippen LogP contribution in [0.4, 0.5) is 78.6 Å². The van der Waals surface area contributed by atoms with Crippen LogP contribution in [-0.4, -0.2) is 165 Å². The second-order valence-corrected chi connectivity index (χ2v) is 27.5. The number of anilines is 12. The Balaban J connectivity index is 0.000000209. The van der Waals surface area contributed by atoms with Crippen molar-refractivity contribution in [3.05, 3.63) is 168 Å². The van der Waals surface area contributed by atoms with Crippen molar-refractivity contribution in [3.63, 3.8) is 0 Å². The molecule has 0 unspecified atom stereocenters. The molecule has 5 amide bonds. The fourth-order valence-corrected chi connectivity index (χ4v) is 12.3. The first-order chi connectivity index (χ1) is 49.9. The van der Waals surface area contributed by atoms with Crippen LogP contribution in [0.3, 0.4) is 0 Å². The number of rotatable bonds is 22. The summed E-state index contributed by atoms with van der Waals surface area (Å²) in [6.45, 7) is 21.0. The van der Waals surface area contributed by atoms with Crippen LogP contribution in [0, 0.1) is 0 Å². The molecule has 8 aromatic rings. The molecule has 27 nitrogen and oxygen atoms in total. The average Bonchev–Trinajstić information content (AvgIpc) is 0.769. The van der Waals surface area contributed by atoms with E-state index in [0.717, 1.165) is 97.4 Å². The number of hydrogen-bond donors (Lipinski definition) is 4. The lowest BCUT2D eigenvalue weighted by atomic mass is 10.1. The zero-order valence-electron chi connectivity index (χ0n) is 60.9. The van der Waals surface area contributed by atoms with Gasteiger partial charge in [-0.3, -0.25) is 43.8 Å². The molecule has 0 bridgehead atoms. The van der Waals surface area contributed by atoms with Crippen LogP contribution >= 0.6 is 0 Å². The summed E-state index contributed by atoms with van der Waals surface area (Å²) in [5.74, 6) is 3.53. The van der Waals surface area contributed by atoms with Crippen molar-refractivity contribution >= 4 is 98.9 Å². The van der Waals surface area contributed by atoms with E-state index in [9.17, 15) is 24.0 Å². The minimum atomic E-state index is -0.494. The molecule has 6 heterocycles. The number of amides is 5. The summed E-state index contributed by atoms with van der Waals surface area (Å²) < 4.78 is 32.9. The summed E-state index contributed by atoms with van der Waals surface area (Å²) in [4.78, 5) is 99.4. The summed E-state index contributed by atoms with van der Waals surface area (Å²) in [6, 6.07) is 41.2. The van der Waals surface area contributed by atoms with Crippen molar-refractivity contribution in [2.45, 2.75) is 92.3 Å². The summed E-state index contributed by atoms with van der Waals surface area (Å²) in [5.41, 5.74) is 14.6. The molecular weight excluding hydrogens is 1320 g/mol. The topological polar surface area (TPSA) is 280 Å². The van der Waals surface area contributed by atoms with Gasteiger partial charge in [0, 0.05) is 153 Å². The molecule has 2 aromatic heterocycles. The van der Waals surface area contributed by atoms with E-state index in [-0.39, 0.29) is 62.6 Å². The first kappa shape index (κ1) is 73.8.